The van der Waals surface area contributed by atoms with E-state index < -0.39 is 11.6 Å². The number of unbranched alkanes of at least 4 members (excludes halogenated alkanes) is 3. The summed E-state index contributed by atoms with van der Waals surface area (Å²) in [5, 5.41) is 3.70. The van der Waals surface area contributed by atoms with Gasteiger partial charge in [-0.2, -0.15) is 0 Å². The highest BCUT2D eigenvalue weighted by atomic mass is 19.1. The van der Waals surface area contributed by atoms with Gasteiger partial charge in [-0.1, -0.05) is 31.3 Å². The van der Waals surface area contributed by atoms with Crippen molar-refractivity contribution in [3.05, 3.63) is 35.6 Å². The molecule has 108 valence electrons. The topological polar surface area (TPSA) is 52.0 Å². The van der Waals surface area contributed by atoms with Crippen LogP contribution < -0.4 is 5.73 Å². The van der Waals surface area contributed by atoms with E-state index in [1.54, 1.807) is 0 Å². The zero-order valence-electron chi connectivity index (χ0n) is 11.5. The lowest BCUT2D eigenvalue weighted by molar-refractivity contribution is 0.382. The van der Waals surface area contributed by atoms with Crippen LogP contribution in [0.3, 0.4) is 0 Å². The van der Waals surface area contributed by atoms with Crippen LogP contribution in [0.15, 0.2) is 22.7 Å². The predicted octanol–water partition coefficient (Wildman–Crippen LogP) is 4.32. The standard InChI is InChI=1S/C15H18F2N2O/c1-2-3-4-5-6-13-14(15(18)19-20-13)11-8-7-10(16)9-12(11)17/h7-9H,2-6H2,1H3,(H2,18,19). The number of hydrogen-bond acceptors (Lipinski definition) is 3. The lowest BCUT2D eigenvalue weighted by Gasteiger charge is -2.04. The molecule has 5 heteroatoms. The Morgan fingerprint density at radius 1 is 1.20 bits per heavy atom. The molecule has 0 unspecified atom stereocenters. The van der Waals surface area contributed by atoms with Crippen LogP contribution in [0.2, 0.25) is 0 Å². The summed E-state index contributed by atoms with van der Waals surface area (Å²) in [5.41, 5.74) is 6.42. The minimum absolute atomic E-state index is 0.140. The van der Waals surface area contributed by atoms with E-state index in [0.717, 1.165) is 31.7 Å². The summed E-state index contributed by atoms with van der Waals surface area (Å²) in [4.78, 5) is 0. The van der Waals surface area contributed by atoms with Crippen LogP contribution >= 0.6 is 0 Å². The molecule has 0 fully saturated rings. The van der Waals surface area contributed by atoms with Crippen molar-refractivity contribution in [3.8, 4) is 11.1 Å². The molecule has 0 saturated heterocycles. The minimum atomic E-state index is -0.658. The Balaban J connectivity index is 2.24. The molecule has 0 spiro atoms. The first-order chi connectivity index (χ1) is 9.63. The maximum Gasteiger partial charge on any atom is 0.175 e. The second-order valence-electron chi connectivity index (χ2n) is 4.80. The number of nitrogen functional groups attached to an aromatic ring is 1. The van der Waals surface area contributed by atoms with Crippen molar-refractivity contribution in [3.63, 3.8) is 0 Å². The summed E-state index contributed by atoms with van der Waals surface area (Å²) >= 11 is 0. The molecule has 20 heavy (non-hydrogen) atoms. The van der Waals surface area contributed by atoms with Crippen molar-refractivity contribution in [2.45, 2.75) is 39.0 Å². The van der Waals surface area contributed by atoms with Crippen LogP contribution in [0.1, 0.15) is 38.4 Å². The molecule has 2 rings (SSSR count). The smallest absolute Gasteiger partial charge is 0.175 e. The second kappa shape index (κ2) is 6.50. The summed E-state index contributed by atoms with van der Waals surface area (Å²) in [6.45, 7) is 2.13. The third-order valence-electron chi connectivity index (χ3n) is 3.25. The molecular formula is C15H18F2N2O. The fourth-order valence-corrected chi connectivity index (χ4v) is 2.20. The number of anilines is 1. The third kappa shape index (κ3) is 3.15. The van der Waals surface area contributed by atoms with Gasteiger partial charge in [-0.25, -0.2) is 8.78 Å². The number of nitrogens with zero attached hydrogens (tertiary/aromatic N) is 1. The number of rotatable bonds is 6. The molecule has 3 nitrogen and oxygen atoms in total. The lowest BCUT2D eigenvalue weighted by Crippen LogP contribution is -1.94. The Kier molecular flexibility index (Phi) is 4.71. The predicted molar refractivity (Wildman–Crippen MR) is 74.1 cm³/mol. The highest BCUT2D eigenvalue weighted by Crippen LogP contribution is 2.32. The van der Waals surface area contributed by atoms with Crippen LogP contribution in [0, 0.1) is 11.6 Å². The highest BCUT2D eigenvalue weighted by Gasteiger charge is 2.19. The van der Waals surface area contributed by atoms with E-state index in [1.807, 2.05) is 0 Å². The SMILES string of the molecule is CCCCCCc1onc(N)c1-c1ccc(F)cc1F. The van der Waals surface area contributed by atoms with E-state index in [4.69, 9.17) is 10.3 Å². The summed E-state index contributed by atoms with van der Waals surface area (Å²) < 4.78 is 32.0. The number of aromatic nitrogens is 1. The maximum atomic E-state index is 13.9. The molecule has 1 aromatic heterocycles. The van der Waals surface area contributed by atoms with Gasteiger partial charge in [0.15, 0.2) is 5.82 Å². The Morgan fingerprint density at radius 3 is 2.70 bits per heavy atom. The maximum absolute atomic E-state index is 13.9. The van der Waals surface area contributed by atoms with Gasteiger partial charge < -0.3 is 10.3 Å². The molecule has 2 aromatic rings. The van der Waals surface area contributed by atoms with Gasteiger partial charge in [0.05, 0.1) is 5.56 Å². The van der Waals surface area contributed by atoms with Gasteiger partial charge in [0.2, 0.25) is 0 Å². The van der Waals surface area contributed by atoms with Gasteiger partial charge in [-0.3, -0.25) is 0 Å². The molecule has 0 aliphatic carbocycles. The van der Waals surface area contributed by atoms with Crippen molar-refractivity contribution in [2.24, 2.45) is 0 Å². The van der Waals surface area contributed by atoms with Crippen LogP contribution in [-0.2, 0) is 6.42 Å². The van der Waals surface area contributed by atoms with Crippen molar-refractivity contribution in [1.82, 2.24) is 5.16 Å². The normalized spacial score (nSPS) is 10.9. The number of halogens is 2. The fourth-order valence-electron chi connectivity index (χ4n) is 2.20. The molecule has 1 heterocycles. The van der Waals surface area contributed by atoms with Crippen molar-refractivity contribution >= 4 is 5.82 Å². The molecule has 1 aromatic carbocycles. The third-order valence-corrected chi connectivity index (χ3v) is 3.25. The molecular weight excluding hydrogens is 262 g/mol. The van der Waals surface area contributed by atoms with Crippen molar-refractivity contribution in [1.29, 1.82) is 0 Å². The molecule has 0 aliphatic heterocycles. The zero-order chi connectivity index (χ0) is 14.5. The highest BCUT2D eigenvalue weighted by molar-refractivity contribution is 5.75. The van der Waals surface area contributed by atoms with Gasteiger partial charge in [0, 0.05) is 18.1 Å². The van der Waals surface area contributed by atoms with E-state index >= 15 is 0 Å². The average Bonchev–Trinajstić information content (AvgIpc) is 2.76. The summed E-state index contributed by atoms with van der Waals surface area (Å²) in [6, 6.07) is 3.40. The Bertz CT molecular complexity index is 581. The second-order valence-corrected chi connectivity index (χ2v) is 4.80. The number of hydrogen-bond donors (Lipinski definition) is 1. The summed E-state index contributed by atoms with van der Waals surface area (Å²) in [5.74, 6) is -0.578. The van der Waals surface area contributed by atoms with Gasteiger partial charge in [0.1, 0.15) is 17.4 Å². The van der Waals surface area contributed by atoms with Crippen LogP contribution in [0.25, 0.3) is 11.1 Å². The van der Waals surface area contributed by atoms with Gasteiger partial charge >= 0.3 is 0 Å². The Labute approximate surface area is 116 Å². The molecule has 0 aliphatic rings. The van der Waals surface area contributed by atoms with Crippen molar-refractivity contribution < 1.29 is 13.3 Å². The first kappa shape index (κ1) is 14.5. The minimum Gasteiger partial charge on any atom is -0.380 e. The van der Waals surface area contributed by atoms with Gasteiger partial charge in [-0.05, 0) is 18.6 Å². The molecule has 0 atom stereocenters. The quantitative estimate of drug-likeness (QED) is 0.801. The number of nitrogens with two attached hydrogens (primary N) is 1. The van der Waals surface area contributed by atoms with Gasteiger partial charge in [-0.15, -0.1) is 0 Å². The monoisotopic (exact) mass is 280 g/mol. The largest absolute Gasteiger partial charge is 0.380 e. The average molecular weight is 280 g/mol. The molecule has 0 bridgehead atoms. The molecule has 2 N–H and O–H groups in total. The van der Waals surface area contributed by atoms with Crippen LogP contribution in [-0.4, -0.2) is 5.16 Å². The Morgan fingerprint density at radius 2 is 2.00 bits per heavy atom. The molecule has 0 radical (unpaired) electrons. The summed E-state index contributed by atoms with van der Waals surface area (Å²) in [6.07, 6.45) is 4.93. The van der Waals surface area contributed by atoms with E-state index in [-0.39, 0.29) is 11.4 Å². The number of aryl methyl sites for hydroxylation is 1. The Hall–Kier alpha value is -1.91. The van der Waals surface area contributed by atoms with Gasteiger partial charge in [0.25, 0.3) is 0 Å². The fraction of sp³-hybridized carbons (Fsp3) is 0.400. The first-order valence-electron chi connectivity index (χ1n) is 6.83. The van der Waals surface area contributed by atoms with Crippen LogP contribution in [0.5, 0.6) is 0 Å². The van der Waals surface area contributed by atoms with E-state index in [2.05, 4.69) is 12.1 Å². The van der Waals surface area contributed by atoms with E-state index in [0.29, 0.717) is 17.7 Å². The van der Waals surface area contributed by atoms with E-state index in [9.17, 15) is 8.78 Å². The van der Waals surface area contributed by atoms with E-state index in [1.165, 1.54) is 12.1 Å². The first-order valence-corrected chi connectivity index (χ1v) is 6.83. The zero-order valence-corrected chi connectivity index (χ0v) is 11.5. The molecule has 0 amide bonds. The van der Waals surface area contributed by atoms with Crippen molar-refractivity contribution in [2.75, 3.05) is 5.73 Å². The van der Waals surface area contributed by atoms with Crippen LogP contribution in [0.4, 0.5) is 14.6 Å². The molecule has 0 saturated carbocycles. The lowest BCUT2D eigenvalue weighted by atomic mass is 10.0. The summed E-state index contributed by atoms with van der Waals surface area (Å²) in [7, 11) is 0. The number of benzene rings is 1.